The first-order chi connectivity index (χ1) is 9.31. The van der Waals surface area contributed by atoms with Crippen molar-refractivity contribution in [2.45, 2.75) is 4.90 Å². The molecule has 0 atom stereocenters. The summed E-state index contributed by atoms with van der Waals surface area (Å²) in [6, 6.07) is 8.47. The first kappa shape index (κ1) is 15.8. The van der Waals surface area contributed by atoms with Crippen molar-refractivity contribution >= 4 is 59.2 Å². The highest BCUT2D eigenvalue weighted by atomic mass is 79.9. The minimum Gasteiger partial charge on any atom is -0.275 e. The molecule has 0 spiro atoms. The molecule has 0 aromatic heterocycles. The van der Waals surface area contributed by atoms with E-state index in [-0.39, 0.29) is 15.6 Å². The van der Waals surface area contributed by atoms with Gasteiger partial charge < -0.3 is 0 Å². The molecule has 0 radical (unpaired) electrons. The van der Waals surface area contributed by atoms with Gasteiger partial charge in [-0.05, 0) is 46.3 Å². The van der Waals surface area contributed by atoms with E-state index in [1.807, 2.05) is 0 Å². The van der Waals surface area contributed by atoms with Crippen molar-refractivity contribution in [3.63, 3.8) is 0 Å². The van der Waals surface area contributed by atoms with Gasteiger partial charge in [0.25, 0.3) is 10.0 Å². The lowest BCUT2D eigenvalue weighted by Gasteiger charge is -2.11. The highest BCUT2D eigenvalue weighted by Crippen LogP contribution is 2.30. The molecule has 3 nitrogen and oxygen atoms in total. The zero-order chi connectivity index (χ0) is 14.9. The van der Waals surface area contributed by atoms with Crippen LogP contribution in [0.3, 0.4) is 0 Å². The van der Waals surface area contributed by atoms with Gasteiger partial charge >= 0.3 is 0 Å². The molecule has 0 unspecified atom stereocenters. The largest absolute Gasteiger partial charge is 0.275 e. The van der Waals surface area contributed by atoms with Crippen LogP contribution in [-0.2, 0) is 10.0 Å². The second kappa shape index (κ2) is 6.01. The molecule has 0 saturated heterocycles. The zero-order valence-corrected chi connectivity index (χ0v) is 14.4. The molecule has 0 amide bonds. The van der Waals surface area contributed by atoms with Crippen LogP contribution < -0.4 is 4.72 Å². The first-order valence-electron chi connectivity index (χ1n) is 5.23. The second-order valence-electron chi connectivity index (χ2n) is 3.78. The number of hydrogen-bond acceptors (Lipinski definition) is 2. The molecule has 0 aliphatic rings. The Balaban J connectivity index is 2.46. The van der Waals surface area contributed by atoms with Crippen molar-refractivity contribution in [1.29, 1.82) is 0 Å². The third-order valence-corrected chi connectivity index (χ3v) is 5.52. The molecule has 0 saturated carbocycles. The van der Waals surface area contributed by atoms with Crippen molar-refractivity contribution in [3.05, 3.63) is 56.2 Å². The van der Waals surface area contributed by atoms with E-state index in [2.05, 4.69) is 36.6 Å². The van der Waals surface area contributed by atoms with Crippen LogP contribution in [0.5, 0.6) is 0 Å². The van der Waals surface area contributed by atoms with Gasteiger partial charge in [-0.15, -0.1) is 0 Å². The third kappa shape index (κ3) is 3.33. The van der Waals surface area contributed by atoms with Crippen LogP contribution in [0.15, 0.2) is 50.2 Å². The minimum atomic E-state index is -3.95. The number of rotatable bonds is 3. The van der Waals surface area contributed by atoms with Gasteiger partial charge in [-0.25, -0.2) is 12.8 Å². The van der Waals surface area contributed by atoms with E-state index in [1.165, 1.54) is 18.2 Å². The van der Waals surface area contributed by atoms with E-state index in [0.29, 0.717) is 8.95 Å². The van der Waals surface area contributed by atoms with Crippen LogP contribution in [0.1, 0.15) is 0 Å². The topological polar surface area (TPSA) is 46.2 Å². The molecule has 0 aliphatic heterocycles. The maximum absolute atomic E-state index is 13.6. The Kier molecular flexibility index (Phi) is 4.73. The smallest absolute Gasteiger partial charge is 0.263 e. The van der Waals surface area contributed by atoms with Crippen molar-refractivity contribution in [1.82, 2.24) is 0 Å². The van der Waals surface area contributed by atoms with Crippen LogP contribution in [0.25, 0.3) is 0 Å². The van der Waals surface area contributed by atoms with Crippen molar-refractivity contribution < 1.29 is 12.8 Å². The standard InChI is InChI=1S/C12H7Br2ClFNO2S/c13-7-4-5-11(8(14)6-7)20(18,19)17-12-9(15)2-1-3-10(12)16/h1-6,17H. The number of anilines is 1. The van der Waals surface area contributed by atoms with Gasteiger partial charge in [0.2, 0.25) is 0 Å². The third-order valence-electron chi connectivity index (χ3n) is 2.38. The van der Waals surface area contributed by atoms with Crippen molar-refractivity contribution in [3.8, 4) is 0 Å². The fraction of sp³-hybridized carbons (Fsp3) is 0. The Morgan fingerprint density at radius 3 is 2.45 bits per heavy atom. The van der Waals surface area contributed by atoms with Gasteiger partial charge in [-0.1, -0.05) is 33.6 Å². The summed E-state index contributed by atoms with van der Waals surface area (Å²) in [5.74, 6) is -0.741. The molecule has 1 N–H and O–H groups in total. The summed E-state index contributed by atoms with van der Waals surface area (Å²) in [5, 5.41) is -0.0122. The molecular weight excluding hydrogens is 436 g/mol. The Hall–Kier alpha value is -0.630. The molecule has 2 rings (SSSR count). The lowest BCUT2D eigenvalue weighted by Crippen LogP contribution is -2.15. The summed E-state index contributed by atoms with van der Waals surface area (Å²) in [5.41, 5.74) is -0.274. The molecule has 2 aromatic rings. The minimum absolute atomic E-state index is 0.0122. The van der Waals surface area contributed by atoms with E-state index >= 15 is 0 Å². The monoisotopic (exact) mass is 441 g/mol. The number of para-hydroxylation sites is 1. The number of halogens is 4. The quantitative estimate of drug-likeness (QED) is 0.741. The Bertz CT molecular complexity index is 748. The summed E-state index contributed by atoms with van der Waals surface area (Å²) < 4.78 is 41.4. The molecule has 0 heterocycles. The highest BCUT2D eigenvalue weighted by molar-refractivity contribution is 9.11. The van der Waals surface area contributed by atoms with Crippen LogP contribution in [0, 0.1) is 5.82 Å². The van der Waals surface area contributed by atoms with Crippen molar-refractivity contribution in [2.24, 2.45) is 0 Å². The normalized spacial score (nSPS) is 11.4. The summed E-state index contributed by atoms with van der Waals surface area (Å²) in [7, 11) is -3.95. The molecule has 2 aromatic carbocycles. The molecule has 106 valence electrons. The number of nitrogens with one attached hydrogen (secondary N) is 1. The second-order valence-corrected chi connectivity index (χ2v) is 7.60. The maximum Gasteiger partial charge on any atom is 0.263 e. The van der Waals surface area contributed by atoms with Crippen LogP contribution >= 0.6 is 43.5 Å². The molecular formula is C12H7Br2ClFNO2S. The van der Waals surface area contributed by atoms with E-state index in [9.17, 15) is 12.8 Å². The first-order valence-corrected chi connectivity index (χ1v) is 8.68. The van der Waals surface area contributed by atoms with Crippen LogP contribution in [-0.4, -0.2) is 8.42 Å². The molecule has 20 heavy (non-hydrogen) atoms. The lowest BCUT2D eigenvalue weighted by molar-refractivity contribution is 0.598. The van der Waals surface area contributed by atoms with Gasteiger partial charge in [-0.2, -0.15) is 0 Å². The summed E-state index contributed by atoms with van der Waals surface area (Å²) in [4.78, 5) is -0.0139. The predicted molar refractivity (Wildman–Crippen MR) is 84.1 cm³/mol. The molecule has 0 bridgehead atoms. The van der Waals surface area contributed by atoms with Crippen molar-refractivity contribution in [2.75, 3.05) is 4.72 Å². The summed E-state index contributed by atoms with van der Waals surface area (Å²) in [6.45, 7) is 0. The average molecular weight is 444 g/mol. The molecule has 0 fully saturated rings. The SMILES string of the molecule is O=S(=O)(Nc1c(F)cccc1Cl)c1ccc(Br)cc1Br. The zero-order valence-electron chi connectivity index (χ0n) is 9.70. The predicted octanol–water partition coefficient (Wildman–Crippen LogP) is 4.80. The summed E-state index contributed by atoms with van der Waals surface area (Å²) in [6.07, 6.45) is 0. The van der Waals surface area contributed by atoms with E-state index in [0.717, 1.165) is 6.07 Å². The molecule has 8 heteroatoms. The Morgan fingerprint density at radius 1 is 1.15 bits per heavy atom. The Labute approximate surface area is 137 Å². The maximum atomic E-state index is 13.6. The number of hydrogen-bond donors (Lipinski definition) is 1. The van der Waals surface area contributed by atoms with Gasteiger partial charge in [-0.3, -0.25) is 4.72 Å². The molecule has 0 aliphatic carbocycles. The van der Waals surface area contributed by atoms with Crippen LogP contribution in [0.2, 0.25) is 5.02 Å². The lowest BCUT2D eigenvalue weighted by atomic mass is 10.3. The van der Waals surface area contributed by atoms with Gasteiger partial charge in [0.05, 0.1) is 5.02 Å². The van der Waals surface area contributed by atoms with E-state index < -0.39 is 15.8 Å². The van der Waals surface area contributed by atoms with E-state index in [4.69, 9.17) is 11.6 Å². The van der Waals surface area contributed by atoms with Crippen LogP contribution in [0.4, 0.5) is 10.1 Å². The summed E-state index contributed by atoms with van der Waals surface area (Å²) >= 11 is 12.2. The fourth-order valence-electron chi connectivity index (χ4n) is 1.48. The number of benzene rings is 2. The van der Waals surface area contributed by atoms with E-state index in [1.54, 1.807) is 12.1 Å². The average Bonchev–Trinajstić information content (AvgIpc) is 2.33. The fourth-order valence-corrected chi connectivity index (χ4v) is 4.58. The number of sulfonamides is 1. The van der Waals surface area contributed by atoms with Gasteiger partial charge in [0.1, 0.15) is 16.4 Å². The van der Waals surface area contributed by atoms with Gasteiger partial charge in [0.15, 0.2) is 0 Å². The highest BCUT2D eigenvalue weighted by Gasteiger charge is 2.20. The van der Waals surface area contributed by atoms with Gasteiger partial charge in [0, 0.05) is 8.95 Å². The Morgan fingerprint density at radius 2 is 1.85 bits per heavy atom.